The summed E-state index contributed by atoms with van der Waals surface area (Å²) >= 11 is 0. The molecule has 1 aliphatic rings. The van der Waals surface area contributed by atoms with Gasteiger partial charge in [-0.05, 0) is 24.8 Å². The standard InChI is InChI=1S/C16H21F3N2O/c17-16(18,19)14(12-6-2-1-3-7-12)10-15(22)21-9-5-4-8-13(21)11-20/h1-3,6-7,13-14H,4-5,8-11,20H2. The first-order valence-electron chi connectivity index (χ1n) is 7.54. The fraction of sp³-hybridized carbons (Fsp3) is 0.562. The first-order chi connectivity index (χ1) is 10.4. The van der Waals surface area contributed by atoms with E-state index in [1.165, 1.54) is 17.0 Å². The minimum absolute atomic E-state index is 0.129. The Hall–Kier alpha value is -1.56. The lowest BCUT2D eigenvalue weighted by Crippen LogP contribution is -2.48. The quantitative estimate of drug-likeness (QED) is 0.928. The van der Waals surface area contributed by atoms with Crippen molar-refractivity contribution in [1.82, 2.24) is 4.90 Å². The predicted octanol–water partition coefficient (Wildman–Crippen LogP) is 3.06. The Morgan fingerprint density at radius 3 is 2.55 bits per heavy atom. The summed E-state index contributed by atoms with van der Waals surface area (Å²) in [6, 6.07) is 7.48. The van der Waals surface area contributed by atoms with Gasteiger partial charge in [-0.1, -0.05) is 30.3 Å². The highest BCUT2D eigenvalue weighted by Gasteiger charge is 2.43. The van der Waals surface area contributed by atoms with Gasteiger partial charge in [0.25, 0.3) is 0 Å². The molecule has 0 radical (unpaired) electrons. The van der Waals surface area contributed by atoms with E-state index in [1.807, 2.05) is 0 Å². The van der Waals surface area contributed by atoms with Gasteiger partial charge in [-0.3, -0.25) is 4.79 Å². The van der Waals surface area contributed by atoms with Crippen LogP contribution in [0.3, 0.4) is 0 Å². The third-order valence-corrected chi connectivity index (χ3v) is 4.20. The van der Waals surface area contributed by atoms with E-state index in [0.717, 1.165) is 19.3 Å². The van der Waals surface area contributed by atoms with Gasteiger partial charge in [0.2, 0.25) is 5.91 Å². The molecule has 0 bridgehead atoms. The van der Waals surface area contributed by atoms with Crippen molar-refractivity contribution >= 4 is 5.91 Å². The molecule has 1 saturated heterocycles. The third kappa shape index (κ3) is 4.00. The molecule has 122 valence electrons. The number of carbonyl (C=O) groups is 1. The Morgan fingerprint density at radius 1 is 1.27 bits per heavy atom. The summed E-state index contributed by atoms with van der Waals surface area (Å²) in [7, 11) is 0. The first kappa shape index (κ1) is 16.8. The number of halogens is 3. The summed E-state index contributed by atoms with van der Waals surface area (Å²) in [5.41, 5.74) is 5.77. The van der Waals surface area contributed by atoms with Crippen molar-refractivity contribution in [3.05, 3.63) is 35.9 Å². The van der Waals surface area contributed by atoms with Crippen molar-refractivity contribution < 1.29 is 18.0 Å². The topological polar surface area (TPSA) is 46.3 Å². The van der Waals surface area contributed by atoms with Gasteiger partial charge < -0.3 is 10.6 Å². The van der Waals surface area contributed by atoms with Crippen LogP contribution in [0.15, 0.2) is 30.3 Å². The second-order valence-corrected chi connectivity index (χ2v) is 5.68. The van der Waals surface area contributed by atoms with Gasteiger partial charge in [-0.2, -0.15) is 13.2 Å². The minimum Gasteiger partial charge on any atom is -0.338 e. The molecule has 1 fully saturated rings. The van der Waals surface area contributed by atoms with Crippen LogP contribution in [-0.4, -0.2) is 36.1 Å². The molecule has 0 aliphatic carbocycles. The van der Waals surface area contributed by atoms with Crippen LogP contribution in [-0.2, 0) is 4.79 Å². The fourth-order valence-corrected chi connectivity index (χ4v) is 2.97. The molecule has 0 spiro atoms. The highest BCUT2D eigenvalue weighted by Crippen LogP contribution is 2.38. The Labute approximate surface area is 128 Å². The lowest BCUT2D eigenvalue weighted by molar-refractivity contribution is -0.162. The first-order valence-corrected chi connectivity index (χ1v) is 7.54. The van der Waals surface area contributed by atoms with E-state index in [-0.39, 0.29) is 11.6 Å². The monoisotopic (exact) mass is 314 g/mol. The summed E-state index contributed by atoms with van der Waals surface area (Å²) in [4.78, 5) is 13.9. The van der Waals surface area contributed by atoms with Gasteiger partial charge in [0.1, 0.15) is 0 Å². The van der Waals surface area contributed by atoms with Crippen LogP contribution in [0.2, 0.25) is 0 Å². The number of carbonyl (C=O) groups excluding carboxylic acids is 1. The van der Waals surface area contributed by atoms with Crippen LogP contribution in [0.5, 0.6) is 0 Å². The van der Waals surface area contributed by atoms with Crippen molar-refractivity contribution in [2.45, 2.75) is 43.8 Å². The smallest absolute Gasteiger partial charge is 0.338 e. The summed E-state index contributed by atoms with van der Waals surface area (Å²) in [6.45, 7) is 0.799. The van der Waals surface area contributed by atoms with E-state index in [2.05, 4.69) is 0 Å². The van der Waals surface area contributed by atoms with E-state index >= 15 is 0 Å². The number of benzene rings is 1. The summed E-state index contributed by atoms with van der Waals surface area (Å²) < 4.78 is 40.0. The summed E-state index contributed by atoms with van der Waals surface area (Å²) in [6.07, 6.45) is -2.43. The number of amides is 1. The van der Waals surface area contributed by atoms with Crippen LogP contribution in [0.4, 0.5) is 13.2 Å². The molecule has 2 rings (SSSR count). The maximum absolute atomic E-state index is 13.3. The highest BCUT2D eigenvalue weighted by atomic mass is 19.4. The van der Waals surface area contributed by atoms with Crippen molar-refractivity contribution in [2.75, 3.05) is 13.1 Å². The van der Waals surface area contributed by atoms with Gasteiger partial charge in [-0.15, -0.1) is 0 Å². The maximum Gasteiger partial charge on any atom is 0.396 e. The van der Waals surface area contributed by atoms with Gasteiger partial charge in [0, 0.05) is 25.6 Å². The summed E-state index contributed by atoms with van der Waals surface area (Å²) in [5.74, 6) is -2.22. The molecule has 1 aromatic carbocycles. The van der Waals surface area contributed by atoms with Crippen molar-refractivity contribution in [2.24, 2.45) is 5.73 Å². The van der Waals surface area contributed by atoms with Gasteiger partial charge in [0.05, 0.1) is 5.92 Å². The number of piperidine rings is 1. The molecule has 0 saturated carbocycles. The molecular weight excluding hydrogens is 293 g/mol. The van der Waals surface area contributed by atoms with Crippen LogP contribution >= 0.6 is 0 Å². The largest absolute Gasteiger partial charge is 0.396 e. The molecule has 3 nitrogen and oxygen atoms in total. The molecule has 1 heterocycles. The van der Waals surface area contributed by atoms with E-state index in [0.29, 0.717) is 13.1 Å². The number of alkyl halides is 3. The molecule has 1 aromatic rings. The number of hydrogen-bond acceptors (Lipinski definition) is 2. The van der Waals surface area contributed by atoms with Crippen LogP contribution in [0.25, 0.3) is 0 Å². The second-order valence-electron chi connectivity index (χ2n) is 5.68. The highest BCUT2D eigenvalue weighted by molar-refractivity contribution is 5.77. The van der Waals surface area contributed by atoms with Crippen molar-refractivity contribution in [3.63, 3.8) is 0 Å². The number of nitrogens with two attached hydrogens (primary N) is 1. The lowest BCUT2D eigenvalue weighted by Gasteiger charge is -2.36. The average Bonchev–Trinajstić information content (AvgIpc) is 2.52. The molecule has 0 aromatic heterocycles. The Bertz CT molecular complexity index is 490. The molecule has 6 heteroatoms. The van der Waals surface area contributed by atoms with Gasteiger partial charge in [0.15, 0.2) is 0 Å². The number of rotatable bonds is 4. The number of nitrogens with zero attached hydrogens (tertiary/aromatic N) is 1. The minimum atomic E-state index is -4.44. The van der Waals surface area contributed by atoms with Crippen LogP contribution < -0.4 is 5.73 Å². The van der Waals surface area contributed by atoms with E-state index in [9.17, 15) is 18.0 Å². The molecule has 22 heavy (non-hydrogen) atoms. The lowest BCUT2D eigenvalue weighted by atomic mass is 9.93. The maximum atomic E-state index is 13.3. The molecule has 2 atom stereocenters. The second kappa shape index (κ2) is 7.13. The van der Waals surface area contributed by atoms with Crippen LogP contribution in [0, 0.1) is 0 Å². The normalized spacial score (nSPS) is 20.7. The van der Waals surface area contributed by atoms with E-state index in [1.54, 1.807) is 18.2 Å². The Morgan fingerprint density at radius 2 is 1.95 bits per heavy atom. The van der Waals surface area contributed by atoms with Gasteiger partial charge in [-0.25, -0.2) is 0 Å². The van der Waals surface area contributed by atoms with Crippen molar-refractivity contribution in [3.8, 4) is 0 Å². The Balaban J connectivity index is 2.15. The zero-order chi connectivity index (χ0) is 16.2. The van der Waals surface area contributed by atoms with Crippen LogP contribution in [0.1, 0.15) is 37.2 Å². The molecule has 1 amide bonds. The van der Waals surface area contributed by atoms with Gasteiger partial charge >= 0.3 is 6.18 Å². The zero-order valence-corrected chi connectivity index (χ0v) is 12.4. The number of likely N-dealkylation sites (tertiary alicyclic amines) is 1. The molecule has 1 aliphatic heterocycles. The SMILES string of the molecule is NCC1CCCCN1C(=O)CC(c1ccccc1)C(F)(F)F. The fourth-order valence-electron chi connectivity index (χ4n) is 2.97. The van der Waals surface area contributed by atoms with E-state index < -0.39 is 24.4 Å². The molecular formula is C16H21F3N2O. The average molecular weight is 314 g/mol. The Kier molecular flexibility index (Phi) is 5.45. The molecule has 2 unspecified atom stereocenters. The third-order valence-electron chi connectivity index (χ3n) is 4.20. The number of hydrogen-bond donors (Lipinski definition) is 1. The van der Waals surface area contributed by atoms with E-state index in [4.69, 9.17) is 5.73 Å². The molecule has 2 N–H and O–H groups in total. The predicted molar refractivity (Wildman–Crippen MR) is 78.3 cm³/mol. The summed E-state index contributed by atoms with van der Waals surface area (Å²) in [5, 5.41) is 0. The zero-order valence-electron chi connectivity index (χ0n) is 12.4. The van der Waals surface area contributed by atoms with Crippen molar-refractivity contribution in [1.29, 1.82) is 0 Å².